The molecule has 0 spiro atoms. The second-order valence-electron chi connectivity index (χ2n) is 6.81. The van der Waals surface area contributed by atoms with Crippen LogP contribution in [0.15, 0.2) is 18.2 Å². The highest BCUT2D eigenvalue weighted by atomic mass is 19.1. The molecule has 24 heavy (non-hydrogen) atoms. The number of nitrogens with one attached hydrogen (secondary N) is 1. The number of hydrogen-bond donors (Lipinski definition) is 1. The number of hydrogen-bond acceptors (Lipinski definition) is 2. The van der Waals surface area contributed by atoms with Gasteiger partial charge in [-0.2, -0.15) is 0 Å². The van der Waals surface area contributed by atoms with Crippen molar-refractivity contribution in [2.75, 3.05) is 13.1 Å². The molecule has 1 N–H and O–H groups in total. The number of H-pyrrole nitrogens is 1. The average molecular weight is 333 g/mol. The first-order valence-corrected chi connectivity index (χ1v) is 8.15. The zero-order valence-corrected chi connectivity index (χ0v) is 14.1. The first-order valence-electron chi connectivity index (χ1n) is 8.15. The molecule has 1 unspecified atom stereocenters. The van der Waals surface area contributed by atoms with Gasteiger partial charge in [0.05, 0.1) is 5.69 Å². The van der Waals surface area contributed by atoms with Crippen LogP contribution < -0.4 is 0 Å². The standard InChI is InChI=1S/C18H21F2N3O/c1-10(2)8-23-9-12(6-16(23)24)18-21-11(3)17(22-18)14-5-4-13(19)7-15(14)20/h4-5,7,10,12H,6,8-9H2,1-3H3,(H,21,22). The molecule has 1 fully saturated rings. The number of aromatic nitrogens is 2. The second kappa shape index (κ2) is 6.34. The van der Waals surface area contributed by atoms with Crippen LogP contribution in [0.1, 0.15) is 37.7 Å². The third kappa shape index (κ3) is 3.18. The van der Waals surface area contributed by atoms with Crippen LogP contribution in [-0.2, 0) is 4.79 Å². The highest BCUT2D eigenvalue weighted by Gasteiger charge is 2.33. The van der Waals surface area contributed by atoms with E-state index in [1.807, 2.05) is 4.90 Å². The van der Waals surface area contributed by atoms with Crippen LogP contribution >= 0.6 is 0 Å². The lowest BCUT2D eigenvalue weighted by Gasteiger charge is -2.18. The number of aromatic amines is 1. The SMILES string of the molecule is Cc1[nH]c(C2CC(=O)N(CC(C)C)C2)nc1-c1ccc(F)cc1F. The number of amides is 1. The molecule has 6 heteroatoms. The van der Waals surface area contributed by atoms with E-state index in [4.69, 9.17) is 0 Å². The maximum atomic E-state index is 14.0. The Labute approximate surface area is 139 Å². The number of imidazole rings is 1. The first kappa shape index (κ1) is 16.6. The van der Waals surface area contributed by atoms with Crippen molar-refractivity contribution in [2.45, 2.75) is 33.1 Å². The smallest absolute Gasteiger partial charge is 0.223 e. The number of rotatable bonds is 4. The van der Waals surface area contributed by atoms with Gasteiger partial charge in [0.15, 0.2) is 0 Å². The Morgan fingerprint density at radius 3 is 2.79 bits per heavy atom. The summed E-state index contributed by atoms with van der Waals surface area (Å²) in [5.74, 6) is -0.0549. The second-order valence-corrected chi connectivity index (χ2v) is 6.81. The van der Waals surface area contributed by atoms with Gasteiger partial charge in [-0.05, 0) is 25.0 Å². The maximum Gasteiger partial charge on any atom is 0.223 e. The molecular formula is C18H21F2N3O. The molecule has 0 radical (unpaired) electrons. The van der Waals surface area contributed by atoms with Crippen molar-refractivity contribution >= 4 is 5.91 Å². The Morgan fingerprint density at radius 2 is 2.12 bits per heavy atom. The molecule has 2 aromatic rings. The fourth-order valence-corrected chi connectivity index (χ4v) is 3.19. The molecule has 1 atom stereocenters. The van der Waals surface area contributed by atoms with Crippen LogP contribution in [0.5, 0.6) is 0 Å². The molecule has 1 aromatic heterocycles. The van der Waals surface area contributed by atoms with E-state index in [0.29, 0.717) is 36.1 Å². The number of carbonyl (C=O) groups is 1. The van der Waals surface area contributed by atoms with Gasteiger partial charge >= 0.3 is 0 Å². The lowest BCUT2D eigenvalue weighted by atomic mass is 10.1. The summed E-state index contributed by atoms with van der Waals surface area (Å²) in [6.07, 6.45) is 0.408. The minimum Gasteiger partial charge on any atom is -0.345 e. The Balaban J connectivity index is 1.86. The quantitative estimate of drug-likeness (QED) is 0.929. The van der Waals surface area contributed by atoms with E-state index >= 15 is 0 Å². The molecule has 0 bridgehead atoms. The van der Waals surface area contributed by atoms with Crippen molar-refractivity contribution in [1.82, 2.24) is 14.9 Å². The van der Waals surface area contributed by atoms with Crippen molar-refractivity contribution in [1.29, 1.82) is 0 Å². The van der Waals surface area contributed by atoms with Gasteiger partial charge in [0.2, 0.25) is 5.91 Å². The number of halogens is 2. The molecule has 1 aliphatic rings. The molecule has 1 amide bonds. The van der Waals surface area contributed by atoms with Crippen LogP contribution in [-0.4, -0.2) is 33.9 Å². The van der Waals surface area contributed by atoms with Gasteiger partial charge < -0.3 is 9.88 Å². The Morgan fingerprint density at radius 1 is 1.38 bits per heavy atom. The highest BCUT2D eigenvalue weighted by Crippen LogP contribution is 2.31. The van der Waals surface area contributed by atoms with Gasteiger partial charge in [-0.25, -0.2) is 13.8 Å². The number of aryl methyl sites for hydroxylation is 1. The normalized spacial score (nSPS) is 18.0. The van der Waals surface area contributed by atoms with Crippen molar-refractivity contribution < 1.29 is 13.6 Å². The third-order valence-electron chi connectivity index (χ3n) is 4.28. The van der Waals surface area contributed by atoms with Crippen LogP contribution in [0.4, 0.5) is 8.78 Å². The van der Waals surface area contributed by atoms with E-state index in [1.165, 1.54) is 12.1 Å². The molecule has 2 heterocycles. The summed E-state index contributed by atoms with van der Waals surface area (Å²) >= 11 is 0. The molecule has 128 valence electrons. The molecule has 1 aliphatic heterocycles. The molecule has 0 aliphatic carbocycles. The highest BCUT2D eigenvalue weighted by molar-refractivity contribution is 5.79. The summed E-state index contributed by atoms with van der Waals surface area (Å²) in [7, 11) is 0. The number of carbonyl (C=O) groups excluding carboxylic acids is 1. The summed E-state index contributed by atoms with van der Waals surface area (Å²) in [5.41, 5.74) is 1.45. The lowest BCUT2D eigenvalue weighted by Crippen LogP contribution is -2.29. The van der Waals surface area contributed by atoms with Gasteiger partial charge in [-0.15, -0.1) is 0 Å². The fourth-order valence-electron chi connectivity index (χ4n) is 3.19. The maximum absolute atomic E-state index is 14.0. The van der Waals surface area contributed by atoms with E-state index in [0.717, 1.165) is 12.6 Å². The zero-order valence-electron chi connectivity index (χ0n) is 14.1. The minimum atomic E-state index is -0.639. The summed E-state index contributed by atoms with van der Waals surface area (Å²) in [6.45, 7) is 7.31. The van der Waals surface area contributed by atoms with Gasteiger partial charge in [-0.1, -0.05) is 13.8 Å². The summed E-state index contributed by atoms with van der Waals surface area (Å²) < 4.78 is 27.1. The minimum absolute atomic E-state index is 0.0211. The van der Waals surface area contributed by atoms with E-state index in [9.17, 15) is 13.6 Å². The van der Waals surface area contributed by atoms with E-state index in [2.05, 4.69) is 23.8 Å². The Hall–Kier alpha value is -2.24. The van der Waals surface area contributed by atoms with Crippen LogP contribution in [0.2, 0.25) is 0 Å². The zero-order chi connectivity index (χ0) is 17.4. The molecule has 4 nitrogen and oxygen atoms in total. The molecule has 3 rings (SSSR count). The largest absolute Gasteiger partial charge is 0.345 e. The van der Waals surface area contributed by atoms with E-state index < -0.39 is 11.6 Å². The van der Waals surface area contributed by atoms with Gasteiger partial charge in [0.25, 0.3) is 0 Å². The van der Waals surface area contributed by atoms with Crippen LogP contribution in [0.3, 0.4) is 0 Å². The number of likely N-dealkylation sites (tertiary alicyclic amines) is 1. The summed E-state index contributed by atoms with van der Waals surface area (Å²) in [5, 5.41) is 0. The van der Waals surface area contributed by atoms with Crippen molar-refractivity contribution in [3.63, 3.8) is 0 Å². The first-order chi connectivity index (χ1) is 11.3. The van der Waals surface area contributed by atoms with Gasteiger partial charge in [0.1, 0.15) is 17.5 Å². The molecular weight excluding hydrogens is 312 g/mol. The van der Waals surface area contributed by atoms with Crippen LogP contribution in [0, 0.1) is 24.5 Å². The average Bonchev–Trinajstić information content (AvgIpc) is 3.03. The lowest BCUT2D eigenvalue weighted by molar-refractivity contribution is -0.128. The monoisotopic (exact) mass is 333 g/mol. The van der Waals surface area contributed by atoms with Crippen LogP contribution in [0.25, 0.3) is 11.3 Å². The molecule has 1 saturated heterocycles. The van der Waals surface area contributed by atoms with Gasteiger partial charge in [-0.3, -0.25) is 4.79 Å². The van der Waals surface area contributed by atoms with E-state index in [1.54, 1.807) is 6.92 Å². The molecule has 0 saturated carbocycles. The Bertz CT molecular complexity index is 770. The number of nitrogens with zero attached hydrogens (tertiary/aromatic N) is 2. The van der Waals surface area contributed by atoms with Crippen molar-refractivity contribution in [3.8, 4) is 11.3 Å². The van der Waals surface area contributed by atoms with Gasteiger partial charge in [0, 0.05) is 42.8 Å². The summed E-state index contributed by atoms with van der Waals surface area (Å²) in [6, 6.07) is 3.46. The Kier molecular flexibility index (Phi) is 4.39. The predicted octanol–water partition coefficient (Wildman–Crippen LogP) is 3.64. The van der Waals surface area contributed by atoms with Crippen molar-refractivity contribution in [3.05, 3.63) is 41.4 Å². The topological polar surface area (TPSA) is 49.0 Å². The third-order valence-corrected chi connectivity index (χ3v) is 4.28. The van der Waals surface area contributed by atoms with E-state index in [-0.39, 0.29) is 17.4 Å². The predicted molar refractivity (Wildman–Crippen MR) is 87.5 cm³/mol. The fraction of sp³-hybridized carbons (Fsp3) is 0.444. The molecule has 1 aromatic carbocycles. The van der Waals surface area contributed by atoms with Crippen molar-refractivity contribution in [2.24, 2.45) is 5.92 Å². The number of benzene rings is 1. The summed E-state index contributed by atoms with van der Waals surface area (Å²) in [4.78, 5) is 21.7.